The van der Waals surface area contributed by atoms with Gasteiger partial charge in [-0.25, -0.2) is 0 Å². The van der Waals surface area contributed by atoms with Gasteiger partial charge in [-0.05, 0) is 37.6 Å². The Bertz CT molecular complexity index is 597. The molecule has 0 saturated carbocycles. The third kappa shape index (κ3) is 6.87. The van der Waals surface area contributed by atoms with Crippen LogP contribution in [0.3, 0.4) is 0 Å². The highest BCUT2D eigenvalue weighted by Crippen LogP contribution is 2.25. The number of benzene rings is 1. The van der Waals surface area contributed by atoms with Gasteiger partial charge in [0.2, 0.25) is 5.91 Å². The Morgan fingerprint density at radius 3 is 2.48 bits per heavy atom. The Morgan fingerprint density at radius 2 is 1.88 bits per heavy atom. The number of esters is 1. The number of carbonyl (C=O) groups is 2. The minimum Gasteiger partial charge on any atom is -0.497 e. The number of hydrogen-bond donors (Lipinski definition) is 0. The second-order valence-electron chi connectivity index (χ2n) is 5.32. The Balaban J connectivity index is 2.81. The molecule has 6 nitrogen and oxygen atoms in total. The number of rotatable bonds is 10. The van der Waals surface area contributed by atoms with E-state index in [2.05, 4.69) is 0 Å². The summed E-state index contributed by atoms with van der Waals surface area (Å²) in [7, 11) is 3.16. The van der Waals surface area contributed by atoms with Crippen LogP contribution >= 0.6 is 0 Å². The minimum absolute atomic E-state index is 0.156. The normalized spacial score (nSPS) is 10.6. The van der Waals surface area contributed by atoms with Gasteiger partial charge in [0.15, 0.2) is 0 Å². The van der Waals surface area contributed by atoms with E-state index in [4.69, 9.17) is 14.2 Å². The lowest BCUT2D eigenvalue weighted by Crippen LogP contribution is -2.32. The summed E-state index contributed by atoms with van der Waals surface area (Å²) in [5.74, 6) is 0.880. The van der Waals surface area contributed by atoms with E-state index in [1.807, 2.05) is 6.92 Å². The van der Waals surface area contributed by atoms with Crippen molar-refractivity contribution in [3.8, 4) is 11.5 Å². The van der Waals surface area contributed by atoms with Gasteiger partial charge in [-0.1, -0.05) is 6.92 Å². The molecule has 25 heavy (non-hydrogen) atoms. The SMILES string of the molecule is CCCN(CCC(=O)OCC)C(=O)/C=C/c1cc(OC)ccc1OC. The van der Waals surface area contributed by atoms with E-state index >= 15 is 0 Å². The molecule has 1 aromatic rings. The number of hydrogen-bond acceptors (Lipinski definition) is 5. The Hall–Kier alpha value is -2.50. The minimum atomic E-state index is -0.296. The fraction of sp³-hybridized carbons (Fsp3) is 0.474. The van der Waals surface area contributed by atoms with E-state index in [0.717, 1.165) is 12.0 Å². The number of carbonyl (C=O) groups excluding carboxylic acids is 2. The fourth-order valence-electron chi connectivity index (χ4n) is 2.30. The lowest BCUT2D eigenvalue weighted by Gasteiger charge is -2.20. The molecule has 0 N–H and O–H groups in total. The standard InChI is InChI=1S/C19H27NO5/c1-5-12-20(13-11-19(22)25-6-2)18(21)10-7-15-14-16(23-3)8-9-17(15)24-4/h7-10,14H,5-6,11-13H2,1-4H3/b10-7+. The van der Waals surface area contributed by atoms with Crippen molar-refractivity contribution in [2.75, 3.05) is 33.9 Å². The Labute approximate surface area is 149 Å². The summed E-state index contributed by atoms with van der Waals surface area (Å²) in [5.41, 5.74) is 0.747. The summed E-state index contributed by atoms with van der Waals surface area (Å²) < 4.78 is 15.4. The highest BCUT2D eigenvalue weighted by Gasteiger charge is 2.13. The monoisotopic (exact) mass is 349 g/mol. The van der Waals surface area contributed by atoms with Gasteiger partial charge < -0.3 is 19.1 Å². The molecular weight excluding hydrogens is 322 g/mol. The largest absolute Gasteiger partial charge is 0.497 e. The summed E-state index contributed by atoms with van der Waals surface area (Å²) in [4.78, 5) is 25.6. The van der Waals surface area contributed by atoms with Crippen molar-refractivity contribution in [1.82, 2.24) is 4.90 Å². The van der Waals surface area contributed by atoms with Crippen LogP contribution in [0.15, 0.2) is 24.3 Å². The molecular formula is C19H27NO5. The first-order chi connectivity index (χ1) is 12.0. The second-order valence-corrected chi connectivity index (χ2v) is 5.32. The quantitative estimate of drug-likeness (QED) is 0.480. The van der Waals surface area contributed by atoms with Crippen LogP contribution in [-0.4, -0.2) is 50.7 Å². The van der Waals surface area contributed by atoms with E-state index in [9.17, 15) is 9.59 Å². The molecule has 0 aliphatic heterocycles. The summed E-state index contributed by atoms with van der Waals surface area (Å²) in [5, 5.41) is 0. The molecule has 1 amide bonds. The van der Waals surface area contributed by atoms with Crippen LogP contribution in [0.2, 0.25) is 0 Å². The number of ether oxygens (including phenoxy) is 3. The zero-order valence-electron chi connectivity index (χ0n) is 15.4. The van der Waals surface area contributed by atoms with E-state index in [1.54, 1.807) is 50.3 Å². The molecule has 0 atom stereocenters. The summed E-state index contributed by atoms with van der Waals surface area (Å²) in [6.45, 7) is 5.01. The van der Waals surface area contributed by atoms with Gasteiger partial charge in [-0.15, -0.1) is 0 Å². The number of amides is 1. The maximum absolute atomic E-state index is 12.4. The van der Waals surface area contributed by atoms with Crippen molar-refractivity contribution in [3.05, 3.63) is 29.8 Å². The fourth-order valence-corrected chi connectivity index (χ4v) is 2.30. The zero-order valence-corrected chi connectivity index (χ0v) is 15.4. The molecule has 0 radical (unpaired) electrons. The van der Waals surface area contributed by atoms with Crippen molar-refractivity contribution in [1.29, 1.82) is 0 Å². The number of nitrogens with zero attached hydrogens (tertiary/aromatic N) is 1. The molecule has 1 rings (SSSR count). The van der Waals surface area contributed by atoms with Gasteiger partial charge >= 0.3 is 5.97 Å². The Kier molecular flexibility index (Phi) is 9.14. The van der Waals surface area contributed by atoms with Crippen molar-refractivity contribution in [3.63, 3.8) is 0 Å². The average molecular weight is 349 g/mol. The predicted octanol–water partition coefficient (Wildman–Crippen LogP) is 2.91. The maximum Gasteiger partial charge on any atom is 0.307 e. The average Bonchev–Trinajstić information content (AvgIpc) is 2.63. The van der Waals surface area contributed by atoms with E-state index in [-0.39, 0.29) is 18.3 Å². The topological polar surface area (TPSA) is 65.1 Å². The molecule has 0 unspecified atom stereocenters. The summed E-state index contributed by atoms with van der Waals surface area (Å²) in [6.07, 6.45) is 4.18. The van der Waals surface area contributed by atoms with Gasteiger partial charge in [0, 0.05) is 24.7 Å². The number of methoxy groups -OCH3 is 2. The van der Waals surface area contributed by atoms with Crippen molar-refractivity contribution in [2.24, 2.45) is 0 Å². The third-order valence-electron chi connectivity index (χ3n) is 3.54. The van der Waals surface area contributed by atoms with E-state index in [1.165, 1.54) is 6.08 Å². The predicted molar refractivity (Wildman–Crippen MR) is 96.7 cm³/mol. The molecule has 0 heterocycles. The van der Waals surface area contributed by atoms with Crippen LogP contribution in [0, 0.1) is 0 Å². The van der Waals surface area contributed by atoms with E-state index in [0.29, 0.717) is 31.2 Å². The van der Waals surface area contributed by atoms with Crippen LogP contribution in [-0.2, 0) is 14.3 Å². The summed E-state index contributed by atoms with van der Waals surface area (Å²) in [6, 6.07) is 5.37. The van der Waals surface area contributed by atoms with Crippen LogP contribution in [0.5, 0.6) is 11.5 Å². The van der Waals surface area contributed by atoms with Gasteiger partial charge in [0.25, 0.3) is 0 Å². The molecule has 0 aliphatic carbocycles. The van der Waals surface area contributed by atoms with Crippen LogP contribution in [0.4, 0.5) is 0 Å². The molecule has 1 aromatic carbocycles. The molecule has 6 heteroatoms. The van der Waals surface area contributed by atoms with E-state index < -0.39 is 0 Å². The molecule has 0 bridgehead atoms. The van der Waals surface area contributed by atoms with Crippen molar-refractivity contribution in [2.45, 2.75) is 26.7 Å². The van der Waals surface area contributed by atoms with Gasteiger partial charge in [-0.2, -0.15) is 0 Å². The van der Waals surface area contributed by atoms with Crippen molar-refractivity contribution >= 4 is 18.0 Å². The first-order valence-electron chi connectivity index (χ1n) is 8.40. The maximum atomic E-state index is 12.4. The highest BCUT2D eigenvalue weighted by molar-refractivity contribution is 5.92. The van der Waals surface area contributed by atoms with Crippen LogP contribution in [0.25, 0.3) is 6.08 Å². The van der Waals surface area contributed by atoms with Crippen molar-refractivity contribution < 1.29 is 23.8 Å². The van der Waals surface area contributed by atoms with Crippen LogP contribution in [0.1, 0.15) is 32.3 Å². The molecule has 0 aliphatic rings. The van der Waals surface area contributed by atoms with Gasteiger partial charge in [0.1, 0.15) is 11.5 Å². The molecule has 0 fully saturated rings. The third-order valence-corrected chi connectivity index (χ3v) is 3.54. The first-order valence-corrected chi connectivity index (χ1v) is 8.40. The summed E-state index contributed by atoms with van der Waals surface area (Å²) >= 11 is 0. The smallest absolute Gasteiger partial charge is 0.307 e. The molecule has 138 valence electrons. The van der Waals surface area contributed by atoms with Gasteiger partial charge in [0.05, 0.1) is 27.2 Å². The zero-order chi connectivity index (χ0) is 18.7. The molecule has 0 saturated heterocycles. The lowest BCUT2D eigenvalue weighted by atomic mass is 10.1. The molecule has 0 spiro atoms. The highest BCUT2D eigenvalue weighted by atomic mass is 16.5. The molecule has 0 aromatic heterocycles. The van der Waals surface area contributed by atoms with Gasteiger partial charge in [-0.3, -0.25) is 9.59 Å². The van der Waals surface area contributed by atoms with Crippen LogP contribution < -0.4 is 9.47 Å². The first kappa shape index (κ1) is 20.5. The second kappa shape index (κ2) is 11.1. The lowest BCUT2D eigenvalue weighted by molar-refractivity contribution is -0.143. The Morgan fingerprint density at radius 1 is 1.12 bits per heavy atom.